The summed E-state index contributed by atoms with van der Waals surface area (Å²) in [6, 6.07) is 24.3. The van der Waals surface area contributed by atoms with Crippen LogP contribution in [0.5, 0.6) is 0 Å². The SMILES string of the molecule is CC(=O)O[C@@H]1[C@H]2[C@@H](OC(C)=O)[C@@]3(OC2(C)C)[C@@H](C)C[C@@H](OC(=O)c2ccccc2)[C@H](OC(C)=O)[C@@]3(COC(=O)c2ccccc2)[C@H]1OC(=O)c1ccccc1. The molecule has 0 radical (unpaired) electrons. The van der Waals surface area contributed by atoms with E-state index < -0.39 is 101 Å². The van der Waals surface area contributed by atoms with Crippen molar-refractivity contribution >= 4 is 35.8 Å². The van der Waals surface area contributed by atoms with Crippen LogP contribution in [0.2, 0.25) is 0 Å². The topological polar surface area (TPSA) is 167 Å². The molecule has 6 rings (SSSR count). The minimum absolute atomic E-state index is 0.0109. The van der Waals surface area contributed by atoms with Crippen molar-refractivity contribution in [2.45, 2.75) is 89.7 Å². The largest absolute Gasteiger partial charge is 0.461 e. The number of hydrogen-bond acceptors (Lipinski definition) is 13. The average Bonchev–Trinajstić information content (AvgIpc) is 3.34. The van der Waals surface area contributed by atoms with Crippen molar-refractivity contribution in [2.75, 3.05) is 6.61 Å². The zero-order chi connectivity index (χ0) is 39.7. The van der Waals surface area contributed by atoms with E-state index in [0.29, 0.717) is 0 Å². The van der Waals surface area contributed by atoms with Crippen LogP contribution in [0.25, 0.3) is 0 Å². The van der Waals surface area contributed by atoms with E-state index in [4.69, 9.17) is 33.2 Å². The van der Waals surface area contributed by atoms with Gasteiger partial charge in [0.1, 0.15) is 35.9 Å². The van der Waals surface area contributed by atoms with Gasteiger partial charge in [-0.25, -0.2) is 14.4 Å². The highest BCUT2D eigenvalue weighted by Crippen LogP contribution is 2.68. The van der Waals surface area contributed by atoms with E-state index in [1.807, 2.05) is 0 Å². The smallest absolute Gasteiger partial charge is 0.338 e. The second-order valence-corrected chi connectivity index (χ2v) is 14.8. The van der Waals surface area contributed by atoms with Gasteiger partial charge in [0.05, 0.1) is 28.2 Å². The molecule has 3 aliphatic rings. The first-order valence-corrected chi connectivity index (χ1v) is 18.1. The van der Waals surface area contributed by atoms with Gasteiger partial charge in [0.25, 0.3) is 0 Å². The molecule has 2 saturated carbocycles. The molecule has 1 aliphatic heterocycles. The van der Waals surface area contributed by atoms with E-state index in [-0.39, 0.29) is 23.1 Å². The molecule has 3 aromatic rings. The highest BCUT2D eigenvalue weighted by atomic mass is 16.6. The van der Waals surface area contributed by atoms with Gasteiger partial charge in [-0.15, -0.1) is 0 Å². The van der Waals surface area contributed by atoms with Gasteiger partial charge in [-0.05, 0) is 62.6 Å². The predicted octanol–water partition coefficient (Wildman–Crippen LogP) is 5.29. The summed E-state index contributed by atoms with van der Waals surface area (Å²) >= 11 is 0. The van der Waals surface area contributed by atoms with Crippen molar-refractivity contribution in [2.24, 2.45) is 17.3 Å². The molecule has 2 bridgehead atoms. The van der Waals surface area contributed by atoms with Crippen LogP contribution in [0, 0.1) is 17.3 Å². The quantitative estimate of drug-likeness (QED) is 0.194. The highest BCUT2D eigenvalue weighted by molar-refractivity contribution is 5.91. The number of hydrogen-bond donors (Lipinski definition) is 0. The molecule has 1 spiro atoms. The Bertz CT molecular complexity index is 1930. The maximum atomic E-state index is 14.2. The van der Waals surface area contributed by atoms with E-state index in [9.17, 15) is 28.8 Å². The number of carbonyl (C=O) groups excluding carboxylic acids is 6. The van der Waals surface area contributed by atoms with Crippen LogP contribution in [-0.2, 0) is 47.5 Å². The predicted molar refractivity (Wildman–Crippen MR) is 192 cm³/mol. The number of carbonyl (C=O) groups is 6. The molecule has 13 nitrogen and oxygen atoms in total. The molecule has 13 heteroatoms. The van der Waals surface area contributed by atoms with Gasteiger partial charge in [0.15, 0.2) is 12.2 Å². The molecule has 0 aromatic heterocycles. The van der Waals surface area contributed by atoms with Gasteiger partial charge in [-0.1, -0.05) is 61.5 Å². The molecule has 3 aromatic carbocycles. The van der Waals surface area contributed by atoms with Crippen LogP contribution in [0.1, 0.15) is 79.0 Å². The third-order valence-corrected chi connectivity index (χ3v) is 10.9. The summed E-state index contributed by atoms with van der Waals surface area (Å²) in [5.74, 6) is -6.46. The Balaban J connectivity index is 1.65. The third-order valence-electron chi connectivity index (χ3n) is 10.9. The summed E-state index contributed by atoms with van der Waals surface area (Å²) in [6.07, 6.45) is -7.25. The summed E-state index contributed by atoms with van der Waals surface area (Å²) < 4.78 is 44.3. The molecular formula is C42H44O13. The molecule has 2 aliphatic carbocycles. The molecule has 55 heavy (non-hydrogen) atoms. The van der Waals surface area contributed by atoms with Crippen LogP contribution >= 0.6 is 0 Å². The van der Waals surface area contributed by atoms with Crippen LogP contribution in [0.4, 0.5) is 0 Å². The molecule has 0 N–H and O–H groups in total. The summed E-state index contributed by atoms with van der Waals surface area (Å²) in [5.41, 5.74) is -4.67. The number of esters is 6. The molecule has 1 heterocycles. The molecule has 0 amide bonds. The molecule has 9 atom stereocenters. The zero-order valence-corrected chi connectivity index (χ0v) is 31.4. The number of fused-ring (bicyclic) bond motifs is 1. The lowest BCUT2D eigenvalue weighted by Gasteiger charge is -2.64. The Hall–Kier alpha value is -5.56. The van der Waals surface area contributed by atoms with Gasteiger partial charge in [0.2, 0.25) is 0 Å². The van der Waals surface area contributed by atoms with Gasteiger partial charge >= 0.3 is 35.8 Å². The summed E-state index contributed by atoms with van der Waals surface area (Å²) in [7, 11) is 0. The van der Waals surface area contributed by atoms with Crippen LogP contribution in [-0.4, -0.2) is 84.1 Å². The van der Waals surface area contributed by atoms with Crippen molar-refractivity contribution in [1.82, 2.24) is 0 Å². The first-order chi connectivity index (χ1) is 26.1. The van der Waals surface area contributed by atoms with Crippen molar-refractivity contribution in [1.29, 1.82) is 0 Å². The summed E-state index contributed by atoms with van der Waals surface area (Å²) in [4.78, 5) is 81.3. The Labute approximate surface area is 318 Å². The van der Waals surface area contributed by atoms with Crippen LogP contribution in [0.3, 0.4) is 0 Å². The van der Waals surface area contributed by atoms with Crippen LogP contribution < -0.4 is 0 Å². The lowest BCUT2D eigenvalue weighted by Crippen LogP contribution is -2.81. The van der Waals surface area contributed by atoms with Crippen molar-refractivity contribution in [3.8, 4) is 0 Å². The van der Waals surface area contributed by atoms with E-state index in [0.717, 1.165) is 6.92 Å². The van der Waals surface area contributed by atoms with Crippen molar-refractivity contribution in [3.63, 3.8) is 0 Å². The maximum Gasteiger partial charge on any atom is 0.338 e. The Morgan fingerprint density at radius 3 is 1.55 bits per heavy atom. The fourth-order valence-electron chi connectivity index (χ4n) is 8.99. The van der Waals surface area contributed by atoms with Gasteiger partial charge in [-0.2, -0.15) is 0 Å². The Kier molecular flexibility index (Phi) is 10.9. The van der Waals surface area contributed by atoms with Gasteiger partial charge < -0.3 is 33.2 Å². The lowest BCUT2D eigenvalue weighted by molar-refractivity contribution is -0.327. The second kappa shape index (κ2) is 15.3. The average molecular weight is 757 g/mol. The highest BCUT2D eigenvalue weighted by Gasteiger charge is 2.85. The maximum absolute atomic E-state index is 14.2. The third kappa shape index (κ3) is 7.08. The number of ether oxygens (including phenoxy) is 7. The first-order valence-electron chi connectivity index (χ1n) is 18.1. The van der Waals surface area contributed by atoms with Crippen molar-refractivity contribution in [3.05, 3.63) is 108 Å². The Morgan fingerprint density at radius 1 is 0.600 bits per heavy atom. The fourth-order valence-corrected chi connectivity index (χ4v) is 8.99. The van der Waals surface area contributed by atoms with Gasteiger partial charge in [0, 0.05) is 20.8 Å². The first kappa shape index (κ1) is 39.1. The second-order valence-electron chi connectivity index (χ2n) is 14.8. The number of benzene rings is 3. The summed E-state index contributed by atoms with van der Waals surface area (Å²) in [5, 5.41) is 0. The Morgan fingerprint density at radius 2 is 1.05 bits per heavy atom. The van der Waals surface area contributed by atoms with Crippen molar-refractivity contribution < 1.29 is 61.9 Å². The standard InChI is InChI=1S/C42H44O13/c1-24-22-31(53-38(47)29-18-12-8-13-19-29)34(51-26(3)44)41(23-49-37(46)28-16-10-7-11-17-28)36(54-39(48)30-20-14-9-15-21-30)33(50-25(2)43)32-35(52-27(4)45)42(24,41)55-40(32,5)6/h7-21,24,31-36H,22-23H2,1-6H3/t24-,31+,32-,33+,34-,35+,36-,41-,42-/m0/s1. The van der Waals surface area contributed by atoms with E-state index in [1.54, 1.807) is 87.5 Å². The molecular weight excluding hydrogens is 712 g/mol. The molecule has 1 saturated heterocycles. The molecule has 290 valence electrons. The minimum Gasteiger partial charge on any atom is -0.461 e. The van der Waals surface area contributed by atoms with E-state index in [1.165, 1.54) is 38.1 Å². The monoisotopic (exact) mass is 756 g/mol. The summed E-state index contributed by atoms with van der Waals surface area (Å²) in [6.45, 7) is 8.03. The van der Waals surface area contributed by atoms with Crippen LogP contribution in [0.15, 0.2) is 91.0 Å². The molecule has 3 fully saturated rings. The van der Waals surface area contributed by atoms with E-state index in [2.05, 4.69) is 0 Å². The van der Waals surface area contributed by atoms with Gasteiger partial charge in [-0.3, -0.25) is 14.4 Å². The minimum atomic E-state index is -2.09. The number of rotatable bonds is 10. The zero-order valence-electron chi connectivity index (χ0n) is 31.4. The molecule has 0 unspecified atom stereocenters. The normalized spacial score (nSPS) is 30.1. The lowest BCUT2D eigenvalue weighted by atomic mass is 9.47. The fraction of sp³-hybridized carbons (Fsp3) is 0.429. The van der Waals surface area contributed by atoms with E-state index >= 15 is 0 Å².